The normalized spacial score (nSPS) is 39.9. The first kappa shape index (κ1) is 11.9. The molecular formula is C15H23N3O. The third-order valence-electron chi connectivity index (χ3n) is 5.48. The molecule has 4 fully saturated rings. The average Bonchev–Trinajstić information content (AvgIpc) is 2.83. The van der Waals surface area contributed by atoms with Crippen LogP contribution in [0.25, 0.3) is 0 Å². The zero-order chi connectivity index (χ0) is 12.9. The van der Waals surface area contributed by atoms with Gasteiger partial charge in [0, 0.05) is 12.0 Å². The molecule has 104 valence electrons. The van der Waals surface area contributed by atoms with Gasteiger partial charge in [-0.3, -0.25) is 0 Å². The summed E-state index contributed by atoms with van der Waals surface area (Å²) in [5.41, 5.74) is 0.385. The average molecular weight is 261 g/mol. The molecule has 0 atom stereocenters. The van der Waals surface area contributed by atoms with Crippen molar-refractivity contribution in [1.29, 1.82) is 0 Å². The highest BCUT2D eigenvalue weighted by atomic mass is 16.5. The van der Waals surface area contributed by atoms with Crippen LogP contribution in [0, 0.1) is 17.8 Å². The van der Waals surface area contributed by atoms with Crippen LogP contribution in [0.1, 0.15) is 57.2 Å². The fourth-order valence-corrected chi connectivity index (χ4v) is 5.10. The molecule has 1 aromatic heterocycles. The van der Waals surface area contributed by atoms with Gasteiger partial charge in [-0.15, -0.1) is 0 Å². The molecule has 4 nitrogen and oxygen atoms in total. The van der Waals surface area contributed by atoms with Gasteiger partial charge in [0.15, 0.2) is 5.82 Å². The van der Waals surface area contributed by atoms with Crippen molar-refractivity contribution in [2.75, 3.05) is 0 Å². The molecule has 1 aromatic rings. The van der Waals surface area contributed by atoms with E-state index in [1.807, 2.05) is 0 Å². The lowest BCUT2D eigenvalue weighted by Crippen LogP contribution is -2.58. The van der Waals surface area contributed by atoms with E-state index in [2.05, 4.69) is 22.4 Å². The van der Waals surface area contributed by atoms with Gasteiger partial charge in [0.2, 0.25) is 5.89 Å². The van der Waals surface area contributed by atoms with Crippen molar-refractivity contribution in [3.63, 3.8) is 0 Å². The van der Waals surface area contributed by atoms with Crippen molar-refractivity contribution in [1.82, 2.24) is 15.5 Å². The molecule has 0 aromatic carbocycles. The van der Waals surface area contributed by atoms with Gasteiger partial charge in [-0.05, 0) is 56.3 Å². The highest BCUT2D eigenvalue weighted by molar-refractivity contribution is 5.06. The zero-order valence-corrected chi connectivity index (χ0v) is 11.7. The topological polar surface area (TPSA) is 51.0 Å². The Morgan fingerprint density at radius 1 is 1.16 bits per heavy atom. The molecule has 0 spiro atoms. The summed E-state index contributed by atoms with van der Waals surface area (Å²) < 4.78 is 5.30. The van der Waals surface area contributed by atoms with E-state index in [-0.39, 0.29) is 0 Å². The van der Waals surface area contributed by atoms with Crippen LogP contribution in [0.2, 0.25) is 0 Å². The van der Waals surface area contributed by atoms with Gasteiger partial charge in [0.25, 0.3) is 0 Å². The summed E-state index contributed by atoms with van der Waals surface area (Å²) in [6.45, 7) is 2.81. The Labute approximate surface area is 114 Å². The van der Waals surface area contributed by atoms with E-state index in [4.69, 9.17) is 4.52 Å². The van der Waals surface area contributed by atoms with Crippen molar-refractivity contribution >= 4 is 0 Å². The number of nitrogens with zero attached hydrogens (tertiary/aromatic N) is 2. The fourth-order valence-electron chi connectivity index (χ4n) is 5.10. The summed E-state index contributed by atoms with van der Waals surface area (Å²) >= 11 is 0. The maximum atomic E-state index is 5.30. The Morgan fingerprint density at radius 3 is 2.32 bits per heavy atom. The molecule has 4 aliphatic rings. The van der Waals surface area contributed by atoms with Crippen LogP contribution in [0.3, 0.4) is 0 Å². The number of hydrogen-bond donors (Lipinski definition) is 1. The summed E-state index contributed by atoms with van der Waals surface area (Å²) in [5.74, 6) is 4.52. The quantitative estimate of drug-likeness (QED) is 0.905. The lowest BCUT2D eigenvalue weighted by atomic mass is 9.53. The Hall–Kier alpha value is -0.900. The molecule has 0 aliphatic heterocycles. The molecule has 4 bridgehead atoms. The van der Waals surface area contributed by atoms with Crippen LogP contribution in [0.15, 0.2) is 4.52 Å². The predicted molar refractivity (Wildman–Crippen MR) is 71.4 cm³/mol. The Balaban J connectivity index is 1.44. The summed E-state index contributed by atoms with van der Waals surface area (Å²) in [5, 5.41) is 7.76. The minimum absolute atomic E-state index is 0.385. The Kier molecular flexibility index (Phi) is 2.69. The fraction of sp³-hybridized carbons (Fsp3) is 0.867. The molecule has 19 heavy (non-hydrogen) atoms. The Morgan fingerprint density at radius 2 is 1.79 bits per heavy atom. The minimum atomic E-state index is 0.385. The molecule has 5 rings (SSSR count). The van der Waals surface area contributed by atoms with Crippen LogP contribution < -0.4 is 5.32 Å². The van der Waals surface area contributed by atoms with Crippen LogP contribution in [-0.2, 0) is 13.0 Å². The number of nitrogens with one attached hydrogen (secondary N) is 1. The second-order valence-electron chi connectivity index (χ2n) is 7.01. The van der Waals surface area contributed by atoms with E-state index < -0.39 is 0 Å². The summed E-state index contributed by atoms with van der Waals surface area (Å²) in [4.78, 5) is 4.41. The maximum absolute atomic E-state index is 5.30. The third-order valence-corrected chi connectivity index (χ3v) is 5.48. The van der Waals surface area contributed by atoms with Gasteiger partial charge in [-0.2, -0.15) is 4.98 Å². The highest BCUT2D eigenvalue weighted by Crippen LogP contribution is 2.55. The molecule has 0 unspecified atom stereocenters. The molecule has 4 aliphatic carbocycles. The van der Waals surface area contributed by atoms with Crippen molar-refractivity contribution in [2.45, 2.75) is 64.0 Å². The monoisotopic (exact) mass is 261 g/mol. The lowest BCUT2D eigenvalue weighted by molar-refractivity contribution is -0.0217. The first-order valence-corrected chi connectivity index (χ1v) is 7.81. The molecule has 4 saturated carbocycles. The van der Waals surface area contributed by atoms with E-state index in [0.717, 1.165) is 42.4 Å². The van der Waals surface area contributed by atoms with Crippen LogP contribution in [-0.4, -0.2) is 15.7 Å². The van der Waals surface area contributed by atoms with Gasteiger partial charge >= 0.3 is 0 Å². The number of rotatable bonds is 4. The molecular weight excluding hydrogens is 238 g/mol. The van der Waals surface area contributed by atoms with Gasteiger partial charge < -0.3 is 9.84 Å². The van der Waals surface area contributed by atoms with Gasteiger partial charge in [-0.1, -0.05) is 12.1 Å². The number of aryl methyl sites for hydroxylation is 1. The van der Waals surface area contributed by atoms with Crippen molar-refractivity contribution in [3.05, 3.63) is 11.7 Å². The van der Waals surface area contributed by atoms with E-state index in [9.17, 15) is 0 Å². The molecule has 4 heteroatoms. The van der Waals surface area contributed by atoms with Gasteiger partial charge in [0.1, 0.15) is 0 Å². The highest BCUT2D eigenvalue weighted by Gasteiger charge is 2.50. The lowest BCUT2D eigenvalue weighted by Gasteiger charge is -2.57. The van der Waals surface area contributed by atoms with E-state index in [0.29, 0.717) is 5.54 Å². The first-order valence-electron chi connectivity index (χ1n) is 7.81. The van der Waals surface area contributed by atoms with Crippen molar-refractivity contribution in [3.8, 4) is 0 Å². The van der Waals surface area contributed by atoms with Gasteiger partial charge in [0.05, 0.1) is 6.54 Å². The minimum Gasteiger partial charge on any atom is -0.338 e. The Bertz CT molecular complexity index is 432. The molecule has 0 radical (unpaired) electrons. The van der Waals surface area contributed by atoms with Gasteiger partial charge in [-0.25, -0.2) is 0 Å². The summed E-state index contributed by atoms with van der Waals surface area (Å²) in [6.07, 6.45) is 9.42. The zero-order valence-electron chi connectivity index (χ0n) is 11.7. The SMILES string of the molecule is CCc1noc(CNC23CC4CC(CC(C4)C2)C3)n1. The van der Waals surface area contributed by atoms with Crippen LogP contribution >= 0.6 is 0 Å². The molecule has 0 amide bonds. The summed E-state index contributed by atoms with van der Waals surface area (Å²) in [6, 6.07) is 0. The van der Waals surface area contributed by atoms with E-state index in [1.54, 1.807) is 0 Å². The predicted octanol–water partition coefficient (Wildman–Crippen LogP) is 2.69. The number of aromatic nitrogens is 2. The molecule has 1 heterocycles. The second kappa shape index (κ2) is 4.30. The van der Waals surface area contributed by atoms with Crippen molar-refractivity contribution in [2.24, 2.45) is 17.8 Å². The largest absolute Gasteiger partial charge is 0.338 e. The third kappa shape index (κ3) is 2.10. The van der Waals surface area contributed by atoms with E-state index >= 15 is 0 Å². The van der Waals surface area contributed by atoms with Crippen molar-refractivity contribution < 1.29 is 4.52 Å². The first-order chi connectivity index (χ1) is 9.25. The molecule has 1 N–H and O–H groups in total. The molecule has 0 saturated heterocycles. The number of hydrogen-bond acceptors (Lipinski definition) is 4. The van der Waals surface area contributed by atoms with Crippen LogP contribution in [0.4, 0.5) is 0 Å². The standard InChI is InChI=1S/C15H23N3O/c1-2-13-17-14(19-18-13)9-16-15-6-10-3-11(7-15)5-12(4-10)8-15/h10-12,16H,2-9H2,1H3. The van der Waals surface area contributed by atoms with Crippen LogP contribution in [0.5, 0.6) is 0 Å². The van der Waals surface area contributed by atoms with E-state index in [1.165, 1.54) is 38.5 Å². The second-order valence-corrected chi connectivity index (χ2v) is 7.01. The maximum Gasteiger partial charge on any atom is 0.240 e. The smallest absolute Gasteiger partial charge is 0.240 e. The summed E-state index contributed by atoms with van der Waals surface area (Å²) in [7, 11) is 0.